The number of amides is 1. The van der Waals surface area contributed by atoms with Gasteiger partial charge in [0, 0.05) is 31.4 Å². The lowest BCUT2D eigenvalue weighted by molar-refractivity contribution is -0.983. The van der Waals surface area contributed by atoms with E-state index in [1.165, 1.54) is 18.4 Å². The van der Waals surface area contributed by atoms with Gasteiger partial charge in [0.2, 0.25) is 6.23 Å². The van der Waals surface area contributed by atoms with E-state index in [0.29, 0.717) is 12.5 Å². The number of allylic oxidation sites excluding steroid dienone is 1. The summed E-state index contributed by atoms with van der Waals surface area (Å²) in [6, 6.07) is 20.0. The fraction of sp³-hybridized carbons (Fsp3) is 0.444. The van der Waals surface area contributed by atoms with Gasteiger partial charge in [0.1, 0.15) is 0 Å². The average Bonchev–Trinajstić information content (AvgIpc) is 2.79. The van der Waals surface area contributed by atoms with Crippen LogP contribution in [-0.2, 0) is 11.3 Å². The molecule has 0 saturated carbocycles. The van der Waals surface area contributed by atoms with Crippen LogP contribution in [0.1, 0.15) is 45.1 Å². The van der Waals surface area contributed by atoms with Crippen molar-refractivity contribution >= 4 is 11.8 Å². The molecule has 31 heavy (non-hydrogen) atoms. The normalized spacial score (nSPS) is 24.5. The van der Waals surface area contributed by atoms with Gasteiger partial charge in [-0.1, -0.05) is 60.2 Å². The van der Waals surface area contributed by atoms with E-state index in [1.807, 2.05) is 48.5 Å². The minimum atomic E-state index is -0.229. The summed E-state index contributed by atoms with van der Waals surface area (Å²) in [5.74, 6) is 0.695. The second-order valence-electron chi connectivity index (χ2n) is 9.38. The maximum absolute atomic E-state index is 13.5. The van der Waals surface area contributed by atoms with Crippen molar-refractivity contribution in [3.05, 3.63) is 77.9 Å². The van der Waals surface area contributed by atoms with Crippen molar-refractivity contribution in [2.24, 2.45) is 5.92 Å². The van der Waals surface area contributed by atoms with E-state index in [4.69, 9.17) is 4.74 Å². The molecular formula is C27H35N2O2+. The first-order chi connectivity index (χ1) is 15.1. The number of ether oxygens (including phenoxy) is 1. The minimum Gasteiger partial charge on any atom is -0.396 e. The minimum absolute atomic E-state index is 0.0347. The molecule has 2 aromatic rings. The van der Waals surface area contributed by atoms with Gasteiger partial charge in [0.05, 0.1) is 26.2 Å². The van der Waals surface area contributed by atoms with Crippen molar-refractivity contribution in [2.45, 2.75) is 52.3 Å². The zero-order valence-corrected chi connectivity index (χ0v) is 18.9. The van der Waals surface area contributed by atoms with Gasteiger partial charge in [-0.25, -0.2) is 4.79 Å². The van der Waals surface area contributed by atoms with E-state index in [9.17, 15) is 4.79 Å². The number of anilines is 1. The van der Waals surface area contributed by atoms with Gasteiger partial charge in [-0.2, -0.15) is 0 Å². The Morgan fingerprint density at radius 1 is 1.03 bits per heavy atom. The highest BCUT2D eigenvalue weighted by Gasteiger charge is 2.49. The Morgan fingerprint density at radius 3 is 2.32 bits per heavy atom. The second-order valence-corrected chi connectivity index (χ2v) is 9.38. The number of piperidine rings is 3. The molecular weight excluding hydrogens is 384 g/mol. The highest BCUT2D eigenvalue weighted by atomic mass is 16.6. The molecule has 3 aliphatic rings. The lowest BCUT2D eigenvalue weighted by atomic mass is 9.84. The predicted molar refractivity (Wildman–Crippen MR) is 126 cm³/mol. The second kappa shape index (κ2) is 9.69. The van der Waals surface area contributed by atoms with Crippen LogP contribution >= 0.6 is 0 Å². The summed E-state index contributed by atoms with van der Waals surface area (Å²) in [7, 11) is 0. The SMILES string of the molecule is CC(C)=CCC[N+]12CCC(CC1)CC2OC(=O)N(Cc1ccccc1)c1ccccc1. The molecule has 4 heteroatoms. The molecule has 5 rings (SSSR count). The van der Waals surface area contributed by atoms with Crippen LogP contribution in [0.4, 0.5) is 10.5 Å². The number of nitrogens with zero attached hydrogens (tertiary/aromatic N) is 2. The van der Waals surface area contributed by atoms with Crippen LogP contribution in [0.15, 0.2) is 72.3 Å². The number of quaternary nitrogens is 1. The van der Waals surface area contributed by atoms with Gasteiger partial charge >= 0.3 is 6.09 Å². The molecule has 1 atom stereocenters. The zero-order valence-electron chi connectivity index (χ0n) is 18.9. The molecule has 0 aliphatic carbocycles. The van der Waals surface area contributed by atoms with Crippen LogP contribution in [0, 0.1) is 5.92 Å². The molecule has 1 unspecified atom stereocenters. The van der Waals surface area contributed by atoms with Crippen LogP contribution in [0.2, 0.25) is 0 Å². The fourth-order valence-electron chi connectivity index (χ4n) is 5.12. The molecule has 2 bridgehead atoms. The number of carbonyl (C=O) groups excluding carboxylic acids is 1. The van der Waals surface area contributed by atoms with Crippen molar-refractivity contribution in [3.8, 4) is 0 Å². The van der Waals surface area contributed by atoms with Crippen molar-refractivity contribution in [1.82, 2.24) is 0 Å². The van der Waals surface area contributed by atoms with Crippen LogP contribution in [0.3, 0.4) is 0 Å². The van der Waals surface area contributed by atoms with Crippen LogP contribution in [0.25, 0.3) is 0 Å². The molecule has 0 aromatic heterocycles. The number of para-hydroxylation sites is 1. The summed E-state index contributed by atoms with van der Waals surface area (Å²) in [6.07, 6.45) is 6.62. The predicted octanol–water partition coefficient (Wildman–Crippen LogP) is 6.14. The topological polar surface area (TPSA) is 29.5 Å². The van der Waals surface area contributed by atoms with Crippen molar-refractivity contribution < 1.29 is 14.0 Å². The monoisotopic (exact) mass is 419 g/mol. The molecule has 2 aromatic carbocycles. The van der Waals surface area contributed by atoms with Crippen molar-refractivity contribution in [1.29, 1.82) is 0 Å². The molecule has 0 spiro atoms. The van der Waals surface area contributed by atoms with E-state index in [1.54, 1.807) is 4.90 Å². The van der Waals surface area contributed by atoms with E-state index in [0.717, 1.165) is 48.2 Å². The Labute approximate surface area is 186 Å². The average molecular weight is 420 g/mol. The van der Waals surface area contributed by atoms with Crippen molar-refractivity contribution in [3.63, 3.8) is 0 Å². The third-order valence-corrected chi connectivity index (χ3v) is 6.95. The maximum Gasteiger partial charge on any atom is 0.419 e. The van der Waals surface area contributed by atoms with Gasteiger partial charge in [0.25, 0.3) is 0 Å². The third-order valence-electron chi connectivity index (χ3n) is 6.95. The molecule has 0 N–H and O–H groups in total. The Hall–Kier alpha value is -2.59. The maximum atomic E-state index is 13.5. The fourth-order valence-corrected chi connectivity index (χ4v) is 5.12. The molecule has 3 aliphatic heterocycles. The molecule has 1 amide bonds. The summed E-state index contributed by atoms with van der Waals surface area (Å²) in [5.41, 5.74) is 3.33. The standard InChI is InChI=1S/C27H35N2O2/c1-22(2)10-9-17-29-18-15-23(16-19-29)20-26(29)31-27(30)28(25-13-7-4-8-14-25)21-24-11-5-3-6-12-24/h3-8,10-14,23,26H,9,15-21H2,1-2H3/q+1. The van der Waals surface area contributed by atoms with E-state index in [2.05, 4.69) is 32.1 Å². The number of carbonyl (C=O) groups is 1. The Kier molecular flexibility index (Phi) is 6.77. The summed E-state index contributed by atoms with van der Waals surface area (Å²) in [6.45, 7) is 8.13. The molecule has 3 heterocycles. The highest BCUT2D eigenvalue weighted by Crippen LogP contribution is 2.39. The first-order valence-electron chi connectivity index (χ1n) is 11.6. The molecule has 4 nitrogen and oxygen atoms in total. The number of hydrogen-bond donors (Lipinski definition) is 0. The largest absolute Gasteiger partial charge is 0.419 e. The van der Waals surface area contributed by atoms with Gasteiger partial charge in [-0.15, -0.1) is 0 Å². The Bertz CT molecular complexity index is 882. The summed E-state index contributed by atoms with van der Waals surface area (Å²) in [4.78, 5) is 15.3. The van der Waals surface area contributed by atoms with Gasteiger partial charge < -0.3 is 4.74 Å². The van der Waals surface area contributed by atoms with Crippen LogP contribution in [-0.4, -0.2) is 36.4 Å². The molecule has 164 valence electrons. The Balaban J connectivity index is 1.53. The van der Waals surface area contributed by atoms with E-state index >= 15 is 0 Å². The lowest BCUT2D eigenvalue weighted by Gasteiger charge is -2.53. The molecule has 3 saturated heterocycles. The zero-order chi connectivity index (χ0) is 21.7. The van der Waals surface area contributed by atoms with Gasteiger partial charge in [-0.05, 0) is 37.5 Å². The smallest absolute Gasteiger partial charge is 0.396 e. The summed E-state index contributed by atoms with van der Waals surface area (Å²) < 4.78 is 7.24. The van der Waals surface area contributed by atoms with Crippen LogP contribution in [0.5, 0.6) is 0 Å². The van der Waals surface area contributed by atoms with Gasteiger partial charge in [-0.3, -0.25) is 9.38 Å². The first kappa shape index (κ1) is 21.6. The number of rotatable bonds is 7. The first-order valence-corrected chi connectivity index (χ1v) is 11.6. The lowest BCUT2D eigenvalue weighted by Crippen LogP contribution is -2.65. The number of benzene rings is 2. The molecule has 3 fully saturated rings. The third kappa shape index (κ3) is 5.19. The highest BCUT2D eigenvalue weighted by molar-refractivity contribution is 5.87. The quantitative estimate of drug-likeness (QED) is 0.398. The number of hydrogen-bond acceptors (Lipinski definition) is 2. The Morgan fingerprint density at radius 2 is 1.68 bits per heavy atom. The summed E-state index contributed by atoms with van der Waals surface area (Å²) in [5, 5.41) is 0. The molecule has 0 radical (unpaired) electrons. The summed E-state index contributed by atoms with van der Waals surface area (Å²) >= 11 is 0. The van der Waals surface area contributed by atoms with Crippen molar-refractivity contribution in [2.75, 3.05) is 24.5 Å². The number of fused-ring (bicyclic) bond motifs is 3. The van der Waals surface area contributed by atoms with Crippen LogP contribution < -0.4 is 4.90 Å². The van der Waals surface area contributed by atoms with Gasteiger partial charge in [0.15, 0.2) is 0 Å². The van der Waals surface area contributed by atoms with E-state index < -0.39 is 0 Å². The van der Waals surface area contributed by atoms with E-state index in [-0.39, 0.29) is 12.3 Å².